The molecule has 3 heterocycles. The normalized spacial score (nSPS) is 17.9. The molecule has 0 unspecified atom stereocenters. The molecular formula is C25H21BrN4OS. The van der Waals surface area contributed by atoms with Crippen LogP contribution in [0.3, 0.4) is 0 Å². The van der Waals surface area contributed by atoms with Crippen LogP contribution in [0.25, 0.3) is 5.69 Å². The summed E-state index contributed by atoms with van der Waals surface area (Å²) in [5, 5.41) is 4.19. The second-order valence-electron chi connectivity index (χ2n) is 7.48. The molecular weight excluding hydrogens is 484 g/mol. The van der Waals surface area contributed by atoms with Gasteiger partial charge in [-0.2, -0.15) is 0 Å². The lowest BCUT2D eigenvalue weighted by molar-refractivity contribution is 0.414. The molecule has 2 aromatic carbocycles. The summed E-state index contributed by atoms with van der Waals surface area (Å²) < 4.78 is 8.67. The van der Waals surface area contributed by atoms with Gasteiger partial charge >= 0.3 is 0 Å². The molecule has 1 saturated heterocycles. The van der Waals surface area contributed by atoms with Gasteiger partial charge in [-0.1, -0.05) is 28.1 Å². The zero-order chi connectivity index (χ0) is 22.1. The van der Waals surface area contributed by atoms with Crippen molar-refractivity contribution in [3.63, 3.8) is 0 Å². The van der Waals surface area contributed by atoms with Gasteiger partial charge in [0.1, 0.15) is 11.8 Å². The smallest absolute Gasteiger partial charge is 0.174 e. The number of pyridine rings is 1. The molecule has 7 heteroatoms. The van der Waals surface area contributed by atoms with E-state index in [9.17, 15) is 0 Å². The van der Waals surface area contributed by atoms with Gasteiger partial charge in [-0.15, -0.1) is 0 Å². The van der Waals surface area contributed by atoms with Crippen LogP contribution in [0, 0.1) is 0 Å². The maximum Gasteiger partial charge on any atom is 0.174 e. The van der Waals surface area contributed by atoms with Crippen LogP contribution in [0.5, 0.6) is 5.75 Å². The van der Waals surface area contributed by atoms with Crippen molar-refractivity contribution in [1.29, 1.82) is 0 Å². The second kappa shape index (κ2) is 8.76. The van der Waals surface area contributed by atoms with E-state index in [-0.39, 0.29) is 12.1 Å². The number of anilines is 1. The molecule has 0 aliphatic carbocycles. The summed E-state index contributed by atoms with van der Waals surface area (Å²) in [5.74, 6) is 0.813. The monoisotopic (exact) mass is 504 g/mol. The van der Waals surface area contributed by atoms with E-state index in [2.05, 4.69) is 72.2 Å². The number of hydrogen-bond acceptors (Lipinski definition) is 3. The third kappa shape index (κ3) is 3.78. The molecule has 5 nitrogen and oxygen atoms in total. The molecule has 4 aromatic rings. The Hall–Kier alpha value is -3.16. The summed E-state index contributed by atoms with van der Waals surface area (Å²) >= 11 is 9.36. The molecule has 32 heavy (non-hydrogen) atoms. The van der Waals surface area contributed by atoms with E-state index in [0.29, 0.717) is 5.11 Å². The number of aromatic nitrogens is 2. The Balaban J connectivity index is 1.66. The van der Waals surface area contributed by atoms with Gasteiger partial charge < -0.3 is 19.5 Å². The first-order valence-electron chi connectivity index (χ1n) is 10.2. The molecule has 1 aliphatic heterocycles. The Morgan fingerprint density at radius 1 is 0.969 bits per heavy atom. The van der Waals surface area contributed by atoms with E-state index in [1.807, 2.05) is 54.7 Å². The van der Waals surface area contributed by atoms with Crippen molar-refractivity contribution in [2.75, 3.05) is 12.0 Å². The molecule has 0 saturated carbocycles. The van der Waals surface area contributed by atoms with E-state index >= 15 is 0 Å². The van der Waals surface area contributed by atoms with Crippen LogP contribution >= 0.6 is 28.1 Å². The van der Waals surface area contributed by atoms with Crippen molar-refractivity contribution in [3.05, 3.63) is 107 Å². The van der Waals surface area contributed by atoms with Crippen molar-refractivity contribution >= 4 is 38.9 Å². The highest BCUT2D eigenvalue weighted by atomic mass is 79.9. The van der Waals surface area contributed by atoms with Gasteiger partial charge in [-0.25, -0.2) is 0 Å². The first-order chi connectivity index (χ1) is 15.7. The summed E-state index contributed by atoms with van der Waals surface area (Å²) in [5.41, 5.74) is 4.09. The zero-order valence-electron chi connectivity index (χ0n) is 17.4. The molecule has 1 N–H and O–H groups in total. The van der Waals surface area contributed by atoms with E-state index < -0.39 is 0 Å². The van der Waals surface area contributed by atoms with Crippen molar-refractivity contribution in [3.8, 4) is 11.4 Å². The molecule has 1 fully saturated rings. The number of hydrogen-bond donors (Lipinski definition) is 1. The SMILES string of the molecule is COc1cccc(-n2cccc2[C@@H]2[C@H](c3ccccn3)NC(=S)N2c2ccc(Br)cc2)c1. The Kier molecular flexibility index (Phi) is 5.68. The van der Waals surface area contributed by atoms with Crippen LogP contribution in [0.4, 0.5) is 5.69 Å². The lowest BCUT2D eigenvalue weighted by Crippen LogP contribution is -2.30. The van der Waals surface area contributed by atoms with Crippen molar-refractivity contribution in [1.82, 2.24) is 14.9 Å². The third-order valence-electron chi connectivity index (χ3n) is 5.62. The zero-order valence-corrected chi connectivity index (χ0v) is 19.8. The fourth-order valence-electron chi connectivity index (χ4n) is 4.17. The molecule has 0 spiro atoms. The minimum atomic E-state index is -0.105. The van der Waals surface area contributed by atoms with Crippen molar-refractivity contribution in [2.24, 2.45) is 0 Å². The molecule has 2 aromatic heterocycles. The van der Waals surface area contributed by atoms with Crippen LogP contribution in [0.2, 0.25) is 0 Å². The first kappa shape index (κ1) is 20.7. The average Bonchev–Trinajstić information content (AvgIpc) is 3.44. The number of rotatable bonds is 5. The van der Waals surface area contributed by atoms with Crippen LogP contribution in [-0.2, 0) is 0 Å². The summed E-state index contributed by atoms with van der Waals surface area (Å²) in [4.78, 5) is 6.82. The Morgan fingerprint density at radius 2 is 1.81 bits per heavy atom. The number of halogens is 1. The van der Waals surface area contributed by atoms with E-state index in [4.69, 9.17) is 17.0 Å². The topological polar surface area (TPSA) is 42.3 Å². The van der Waals surface area contributed by atoms with E-state index in [1.165, 1.54) is 0 Å². The van der Waals surface area contributed by atoms with Gasteiger partial charge in [0.15, 0.2) is 5.11 Å². The first-order valence-corrected chi connectivity index (χ1v) is 11.4. The number of ether oxygens (including phenoxy) is 1. The summed E-state index contributed by atoms with van der Waals surface area (Å²) in [7, 11) is 1.68. The fourth-order valence-corrected chi connectivity index (χ4v) is 4.78. The Bertz CT molecular complexity index is 1240. The van der Waals surface area contributed by atoms with Gasteiger partial charge in [0, 0.05) is 40.0 Å². The maximum absolute atomic E-state index is 5.83. The molecule has 2 atom stereocenters. The third-order valence-corrected chi connectivity index (χ3v) is 6.46. The number of nitrogens with zero attached hydrogens (tertiary/aromatic N) is 3. The fraction of sp³-hybridized carbons (Fsp3) is 0.120. The van der Waals surface area contributed by atoms with Gasteiger partial charge in [0.2, 0.25) is 0 Å². The predicted molar refractivity (Wildman–Crippen MR) is 134 cm³/mol. The highest BCUT2D eigenvalue weighted by Gasteiger charge is 2.42. The molecule has 0 bridgehead atoms. The van der Waals surface area contributed by atoms with Crippen molar-refractivity contribution < 1.29 is 4.74 Å². The highest BCUT2D eigenvalue weighted by molar-refractivity contribution is 9.10. The number of benzene rings is 2. The number of thiocarbonyl (C=S) groups is 1. The van der Waals surface area contributed by atoms with Crippen LogP contribution in [0.1, 0.15) is 23.5 Å². The molecule has 0 amide bonds. The van der Waals surface area contributed by atoms with Crippen LogP contribution in [-0.4, -0.2) is 21.8 Å². The Morgan fingerprint density at radius 3 is 2.56 bits per heavy atom. The molecule has 1 aliphatic rings. The summed E-state index contributed by atoms with van der Waals surface area (Å²) in [6.07, 6.45) is 3.89. The standard InChI is InChI=1S/C25H21BrN4OS/c1-31-20-7-4-6-19(16-20)29-15-5-9-22(29)24-23(21-8-2-3-14-27-21)28-25(32)30(24)18-12-10-17(26)11-13-18/h2-16,23-24H,1H3,(H,28,32)/t23-,24+/m0/s1. The highest BCUT2D eigenvalue weighted by Crippen LogP contribution is 2.42. The number of methoxy groups -OCH3 is 1. The summed E-state index contributed by atoms with van der Waals surface area (Å²) in [6, 6.07) is 26.2. The molecule has 160 valence electrons. The van der Waals surface area contributed by atoms with Gasteiger partial charge in [0.05, 0.1) is 18.8 Å². The molecule has 5 rings (SSSR count). The Labute approximate surface area is 200 Å². The average molecular weight is 505 g/mol. The second-order valence-corrected chi connectivity index (χ2v) is 8.78. The lowest BCUT2D eigenvalue weighted by Gasteiger charge is -2.29. The lowest BCUT2D eigenvalue weighted by atomic mass is 10.0. The van der Waals surface area contributed by atoms with Gasteiger partial charge in [-0.05, 0) is 72.9 Å². The summed E-state index contributed by atoms with van der Waals surface area (Å²) in [6.45, 7) is 0. The van der Waals surface area contributed by atoms with E-state index in [0.717, 1.165) is 33.0 Å². The maximum atomic E-state index is 5.83. The number of nitrogens with one attached hydrogen (secondary N) is 1. The minimum absolute atomic E-state index is 0.0974. The molecule has 0 radical (unpaired) electrons. The van der Waals surface area contributed by atoms with E-state index in [1.54, 1.807) is 7.11 Å². The van der Waals surface area contributed by atoms with Crippen LogP contribution < -0.4 is 15.0 Å². The predicted octanol–water partition coefficient (Wildman–Crippen LogP) is 5.82. The van der Waals surface area contributed by atoms with Crippen LogP contribution in [0.15, 0.2) is 95.7 Å². The van der Waals surface area contributed by atoms with Gasteiger partial charge in [-0.3, -0.25) is 4.98 Å². The largest absolute Gasteiger partial charge is 0.497 e. The minimum Gasteiger partial charge on any atom is -0.497 e. The van der Waals surface area contributed by atoms with Gasteiger partial charge in [0.25, 0.3) is 0 Å². The van der Waals surface area contributed by atoms with Crippen molar-refractivity contribution in [2.45, 2.75) is 12.1 Å². The quantitative estimate of drug-likeness (QED) is 0.346.